The number of aliphatic hydroxyl groups is 1. The molecular formula is C56H105O11P. The van der Waals surface area contributed by atoms with E-state index in [2.05, 4.69) is 45.1 Å². The quantitative estimate of drug-likeness (QED) is 0.0197. The van der Waals surface area contributed by atoms with Crippen molar-refractivity contribution < 1.29 is 52.2 Å². The molecule has 400 valence electrons. The van der Waals surface area contributed by atoms with Gasteiger partial charge in [-0.2, -0.15) is 0 Å². The summed E-state index contributed by atoms with van der Waals surface area (Å²) in [5.74, 6) is -1.46. The Hall–Kier alpha value is -2.04. The second-order valence-corrected chi connectivity index (χ2v) is 20.6. The molecule has 11 nitrogen and oxygen atoms in total. The van der Waals surface area contributed by atoms with E-state index in [0.29, 0.717) is 19.3 Å². The second kappa shape index (κ2) is 51.3. The maximum absolute atomic E-state index is 12.9. The van der Waals surface area contributed by atoms with Crippen LogP contribution in [0.15, 0.2) is 24.3 Å². The highest BCUT2D eigenvalue weighted by molar-refractivity contribution is 7.47. The number of hydrogen-bond acceptors (Lipinski definition) is 10. The van der Waals surface area contributed by atoms with E-state index < -0.39 is 57.8 Å². The van der Waals surface area contributed by atoms with Crippen molar-refractivity contribution in [3.63, 3.8) is 0 Å². The van der Waals surface area contributed by atoms with E-state index in [1.54, 1.807) is 0 Å². The Labute approximate surface area is 417 Å². The van der Waals surface area contributed by atoms with Crippen molar-refractivity contribution in [1.29, 1.82) is 0 Å². The predicted molar refractivity (Wildman–Crippen MR) is 280 cm³/mol. The number of rotatable bonds is 53. The van der Waals surface area contributed by atoms with Gasteiger partial charge in [-0.05, 0) is 44.9 Å². The molecule has 0 spiro atoms. The molecule has 68 heavy (non-hydrogen) atoms. The largest absolute Gasteiger partial charge is 0.472 e. The lowest BCUT2D eigenvalue weighted by Gasteiger charge is -2.21. The fourth-order valence-corrected chi connectivity index (χ4v) is 8.83. The minimum absolute atomic E-state index is 0.165. The van der Waals surface area contributed by atoms with Gasteiger partial charge in [-0.25, -0.2) is 4.57 Å². The summed E-state index contributed by atoms with van der Waals surface area (Å²) < 4.78 is 39.4. The smallest absolute Gasteiger partial charge is 0.462 e. The fourth-order valence-electron chi connectivity index (χ4n) is 8.04. The zero-order chi connectivity index (χ0) is 49.9. The van der Waals surface area contributed by atoms with Crippen molar-refractivity contribution in [2.45, 2.75) is 290 Å². The third-order valence-corrected chi connectivity index (χ3v) is 13.3. The van der Waals surface area contributed by atoms with Gasteiger partial charge in [0, 0.05) is 19.3 Å². The number of ether oxygens (including phenoxy) is 3. The lowest BCUT2D eigenvalue weighted by molar-refractivity contribution is -0.161. The molecular weight excluding hydrogens is 880 g/mol. The van der Waals surface area contributed by atoms with Gasteiger partial charge in [0.05, 0.1) is 19.8 Å². The van der Waals surface area contributed by atoms with E-state index >= 15 is 0 Å². The zero-order valence-corrected chi connectivity index (χ0v) is 45.0. The lowest BCUT2D eigenvalue weighted by Crippen LogP contribution is -2.30. The monoisotopic (exact) mass is 985 g/mol. The standard InChI is InChI=1S/C56H105O11P/c1-4-7-10-13-16-19-22-24-25-26-27-29-32-35-38-41-44-47-56(60)67-53(49-63-54(58)45-42-39-36-33-30-21-18-15-12-9-6-3)51-65-68(61,62)64-50-52(48-57)66-55(59)46-43-40-37-34-31-28-23-20-17-14-11-8-5-2/h11,14,20,23,52-53,57H,4-10,12-13,15-19,21-22,24-51H2,1-3H3,(H,61,62)/b14-11-,23-20-. The van der Waals surface area contributed by atoms with E-state index in [-0.39, 0.29) is 25.9 Å². The van der Waals surface area contributed by atoms with E-state index in [1.165, 1.54) is 135 Å². The van der Waals surface area contributed by atoms with Gasteiger partial charge in [0.15, 0.2) is 6.10 Å². The van der Waals surface area contributed by atoms with Crippen molar-refractivity contribution in [1.82, 2.24) is 0 Å². The molecule has 0 fully saturated rings. The van der Waals surface area contributed by atoms with E-state index in [0.717, 1.165) is 83.5 Å². The zero-order valence-electron chi connectivity index (χ0n) is 44.1. The molecule has 0 radical (unpaired) electrons. The molecule has 2 N–H and O–H groups in total. The highest BCUT2D eigenvalue weighted by Crippen LogP contribution is 2.43. The highest BCUT2D eigenvalue weighted by atomic mass is 31.2. The van der Waals surface area contributed by atoms with Crippen LogP contribution in [0.5, 0.6) is 0 Å². The molecule has 0 amide bonds. The fraction of sp³-hybridized carbons (Fsp3) is 0.875. The number of allylic oxidation sites excluding steroid dienone is 4. The van der Waals surface area contributed by atoms with E-state index in [9.17, 15) is 28.9 Å². The molecule has 3 atom stereocenters. The molecule has 3 unspecified atom stereocenters. The van der Waals surface area contributed by atoms with Gasteiger partial charge in [-0.1, -0.05) is 238 Å². The Morgan fingerprint density at radius 3 is 1.15 bits per heavy atom. The maximum Gasteiger partial charge on any atom is 0.472 e. The third-order valence-electron chi connectivity index (χ3n) is 12.4. The molecule has 0 heterocycles. The van der Waals surface area contributed by atoms with Gasteiger partial charge in [0.25, 0.3) is 0 Å². The molecule has 0 aliphatic heterocycles. The Morgan fingerprint density at radius 2 is 0.750 bits per heavy atom. The van der Waals surface area contributed by atoms with Crippen LogP contribution in [0.3, 0.4) is 0 Å². The molecule has 0 aliphatic carbocycles. The first kappa shape index (κ1) is 66.0. The number of esters is 3. The molecule has 0 aromatic heterocycles. The van der Waals surface area contributed by atoms with Crippen LogP contribution in [0.4, 0.5) is 0 Å². The van der Waals surface area contributed by atoms with Gasteiger partial charge in [-0.15, -0.1) is 0 Å². The van der Waals surface area contributed by atoms with Gasteiger partial charge in [-0.3, -0.25) is 23.4 Å². The Balaban J connectivity index is 4.67. The van der Waals surface area contributed by atoms with Crippen LogP contribution in [0.25, 0.3) is 0 Å². The second-order valence-electron chi connectivity index (χ2n) is 19.1. The van der Waals surface area contributed by atoms with Crippen molar-refractivity contribution in [2.24, 2.45) is 0 Å². The number of phosphoric ester groups is 1. The van der Waals surface area contributed by atoms with Crippen LogP contribution in [-0.4, -0.2) is 66.5 Å². The summed E-state index contributed by atoms with van der Waals surface area (Å²) in [4.78, 5) is 48.4. The first-order chi connectivity index (χ1) is 33.2. The molecule has 0 saturated heterocycles. The van der Waals surface area contributed by atoms with Crippen molar-refractivity contribution in [3.05, 3.63) is 24.3 Å². The van der Waals surface area contributed by atoms with Crippen molar-refractivity contribution in [3.8, 4) is 0 Å². The normalized spacial score (nSPS) is 13.5. The summed E-state index contributed by atoms with van der Waals surface area (Å²) in [5.41, 5.74) is 0. The summed E-state index contributed by atoms with van der Waals surface area (Å²) in [6.07, 6.45) is 50.0. The number of carbonyl (C=O) groups excluding carboxylic acids is 3. The van der Waals surface area contributed by atoms with Gasteiger partial charge in [0.2, 0.25) is 0 Å². The van der Waals surface area contributed by atoms with E-state index in [4.69, 9.17) is 23.3 Å². The predicted octanol–water partition coefficient (Wildman–Crippen LogP) is 16.3. The average Bonchev–Trinajstić information content (AvgIpc) is 3.32. The third kappa shape index (κ3) is 49.0. The minimum atomic E-state index is -4.74. The van der Waals surface area contributed by atoms with Gasteiger partial charge < -0.3 is 24.2 Å². The van der Waals surface area contributed by atoms with Crippen LogP contribution in [0.1, 0.15) is 278 Å². The molecule has 0 saturated carbocycles. The number of carbonyl (C=O) groups is 3. The van der Waals surface area contributed by atoms with Crippen molar-refractivity contribution >= 4 is 25.7 Å². The van der Waals surface area contributed by atoms with Crippen LogP contribution < -0.4 is 0 Å². The molecule has 0 aliphatic rings. The first-order valence-electron chi connectivity index (χ1n) is 28.2. The molecule has 12 heteroatoms. The topological polar surface area (TPSA) is 155 Å². The van der Waals surface area contributed by atoms with Crippen LogP contribution in [0, 0.1) is 0 Å². The summed E-state index contributed by atoms with van der Waals surface area (Å²) in [7, 11) is -4.74. The Bertz CT molecular complexity index is 1240. The van der Waals surface area contributed by atoms with Crippen LogP contribution in [-0.2, 0) is 42.2 Å². The Kier molecular flexibility index (Phi) is 49.8. The molecule has 0 aromatic rings. The highest BCUT2D eigenvalue weighted by Gasteiger charge is 2.28. The SMILES string of the molecule is CCC/C=C\C/C=C\CCCCCCCC(=O)OC(CO)COP(=O)(O)OCC(COC(=O)CCCCCCCCCCCCC)OC(=O)CCCCCCCCCCCCCCCCCCC. The maximum atomic E-state index is 12.9. The number of aliphatic hydroxyl groups excluding tert-OH is 1. The summed E-state index contributed by atoms with van der Waals surface area (Å²) in [6, 6.07) is 0. The molecule has 0 aromatic carbocycles. The van der Waals surface area contributed by atoms with Crippen molar-refractivity contribution in [2.75, 3.05) is 26.4 Å². The van der Waals surface area contributed by atoms with E-state index in [1.807, 2.05) is 0 Å². The van der Waals surface area contributed by atoms with Crippen LogP contribution >= 0.6 is 7.82 Å². The minimum Gasteiger partial charge on any atom is -0.462 e. The lowest BCUT2D eigenvalue weighted by atomic mass is 10.0. The van der Waals surface area contributed by atoms with Gasteiger partial charge in [0.1, 0.15) is 12.7 Å². The Morgan fingerprint density at radius 1 is 0.412 bits per heavy atom. The number of unbranched alkanes of at least 4 members (excludes halogenated alkanes) is 32. The number of phosphoric acid groups is 1. The number of hydrogen-bond donors (Lipinski definition) is 2. The summed E-state index contributed by atoms with van der Waals surface area (Å²) in [6.45, 7) is 4.60. The average molecular weight is 985 g/mol. The van der Waals surface area contributed by atoms with Gasteiger partial charge >= 0.3 is 25.7 Å². The molecule has 0 rings (SSSR count). The first-order valence-corrected chi connectivity index (χ1v) is 29.7. The summed E-state index contributed by atoms with van der Waals surface area (Å²) in [5, 5.41) is 9.78. The molecule has 0 bridgehead atoms. The van der Waals surface area contributed by atoms with Crippen LogP contribution in [0.2, 0.25) is 0 Å². The summed E-state index contributed by atoms with van der Waals surface area (Å²) >= 11 is 0.